The Morgan fingerprint density at radius 2 is 2.26 bits per heavy atom. The molecule has 2 rings (SSSR count). The number of primary amides is 1. The Labute approximate surface area is 113 Å². The zero-order chi connectivity index (χ0) is 13.8. The highest BCUT2D eigenvalue weighted by Gasteiger charge is 2.24. The summed E-state index contributed by atoms with van der Waals surface area (Å²) in [4.78, 5) is 21.9. The van der Waals surface area contributed by atoms with Crippen molar-refractivity contribution in [3.8, 4) is 0 Å². The number of carbonyl (C=O) groups excluding carboxylic acids is 1. The molecule has 0 aromatic carbocycles. The highest BCUT2D eigenvalue weighted by atomic mass is 16.1. The second-order valence-electron chi connectivity index (χ2n) is 5.13. The number of hydrogen-bond acceptors (Lipinski definition) is 5. The van der Waals surface area contributed by atoms with Gasteiger partial charge in [-0.1, -0.05) is 0 Å². The molecule has 1 aromatic rings. The molecule has 0 aliphatic carbocycles. The molecule has 6 heteroatoms. The van der Waals surface area contributed by atoms with Crippen LogP contribution in [0, 0.1) is 0 Å². The number of nitrogens with two attached hydrogens (primary N) is 1. The molecule has 3 N–H and O–H groups in total. The van der Waals surface area contributed by atoms with Gasteiger partial charge in [-0.25, -0.2) is 9.97 Å². The maximum atomic E-state index is 11.5. The SMILES string of the molecule is CC(C)N(CC1CCCN1)c1nccnc1C(N)=O. The van der Waals surface area contributed by atoms with E-state index in [1.54, 1.807) is 6.20 Å². The fraction of sp³-hybridized carbons (Fsp3) is 0.615. The van der Waals surface area contributed by atoms with Gasteiger partial charge in [-0.15, -0.1) is 0 Å². The molecule has 1 aliphatic rings. The summed E-state index contributed by atoms with van der Waals surface area (Å²) < 4.78 is 0. The molecule has 0 spiro atoms. The molecular weight excluding hydrogens is 242 g/mol. The second-order valence-corrected chi connectivity index (χ2v) is 5.13. The van der Waals surface area contributed by atoms with Crippen molar-refractivity contribution in [2.75, 3.05) is 18.0 Å². The number of hydrogen-bond donors (Lipinski definition) is 2. The molecule has 0 radical (unpaired) electrons. The van der Waals surface area contributed by atoms with Gasteiger partial charge in [0.1, 0.15) is 0 Å². The van der Waals surface area contributed by atoms with Crippen LogP contribution in [0.1, 0.15) is 37.2 Å². The summed E-state index contributed by atoms with van der Waals surface area (Å²) in [5.41, 5.74) is 5.62. The zero-order valence-corrected chi connectivity index (χ0v) is 11.5. The lowest BCUT2D eigenvalue weighted by Gasteiger charge is -2.31. The lowest BCUT2D eigenvalue weighted by atomic mass is 10.2. The van der Waals surface area contributed by atoms with Crippen LogP contribution in [0.3, 0.4) is 0 Å². The molecule has 19 heavy (non-hydrogen) atoms. The Balaban J connectivity index is 2.25. The summed E-state index contributed by atoms with van der Waals surface area (Å²) in [5, 5.41) is 3.45. The van der Waals surface area contributed by atoms with Crippen LogP contribution >= 0.6 is 0 Å². The van der Waals surface area contributed by atoms with E-state index < -0.39 is 5.91 Å². The Morgan fingerprint density at radius 3 is 2.84 bits per heavy atom. The van der Waals surface area contributed by atoms with E-state index in [0.29, 0.717) is 11.9 Å². The molecule has 1 fully saturated rings. The number of anilines is 1. The van der Waals surface area contributed by atoms with Gasteiger partial charge in [0.15, 0.2) is 11.5 Å². The van der Waals surface area contributed by atoms with E-state index >= 15 is 0 Å². The summed E-state index contributed by atoms with van der Waals surface area (Å²) in [6.07, 6.45) is 5.43. The summed E-state index contributed by atoms with van der Waals surface area (Å²) >= 11 is 0. The maximum absolute atomic E-state index is 11.5. The maximum Gasteiger partial charge on any atom is 0.271 e. The number of nitrogens with one attached hydrogen (secondary N) is 1. The summed E-state index contributed by atoms with van der Waals surface area (Å²) in [6, 6.07) is 0.669. The van der Waals surface area contributed by atoms with Crippen molar-refractivity contribution in [2.24, 2.45) is 5.73 Å². The number of rotatable bonds is 5. The van der Waals surface area contributed by atoms with Crippen LogP contribution < -0.4 is 16.0 Å². The van der Waals surface area contributed by atoms with Crippen molar-refractivity contribution in [3.05, 3.63) is 18.1 Å². The number of amides is 1. The monoisotopic (exact) mass is 263 g/mol. The minimum absolute atomic E-state index is 0.234. The standard InChI is InChI=1S/C13H21N5O/c1-9(2)18(8-10-4-3-5-15-10)13-11(12(14)19)16-6-7-17-13/h6-7,9-10,15H,3-5,8H2,1-2H3,(H2,14,19). The summed E-state index contributed by atoms with van der Waals surface area (Å²) in [5.74, 6) is 0.0480. The molecular formula is C13H21N5O. The quantitative estimate of drug-likeness (QED) is 0.810. The van der Waals surface area contributed by atoms with Gasteiger partial charge in [0.25, 0.3) is 5.91 Å². The van der Waals surface area contributed by atoms with E-state index in [9.17, 15) is 4.79 Å². The Morgan fingerprint density at radius 1 is 1.53 bits per heavy atom. The molecule has 2 heterocycles. The largest absolute Gasteiger partial charge is 0.364 e. The highest BCUT2D eigenvalue weighted by molar-refractivity contribution is 5.95. The first-order chi connectivity index (χ1) is 9.09. The number of aromatic nitrogens is 2. The van der Waals surface area contributed by atoms with E-state index in [1.807, 2.05) is 0 Å². The minimum atomic E-state index is -0.534. The average Bonchev–Trinajstić information content (AvgIpc) is 2.88. The van der Waals surface area contributed by atoms with Crippen LogP contribution in [0.15, 0.2) is 12.4 Å². The average molecular weight is 263 g/mol. The van der Waals surface area contributed by atoms with E-state index in [4.69, 9.17) is 5.73 Å². The molecule has 1 aromatic heterocycles. The summed E-state index contributed by atoms with van der Waals surface area (Å²) in [6.45, 7) is 6.03. The fourth-order valence-corrected chi connectivity index (χ4v) is 2.41. The van der Waals surface area contributed by atoms with Crippen LogP contribution in [-0.4, -0.2) is 41.0 Å². The molecule has 0 saturated carbocycles. The Hall–Kier alpha value is -1.69. The van der Waals surface area contributed by atoms with Gasteiger partial charge >= 0.3 is 0 Å². The third kappa shape index (κ3) is 3.20. The van der Waals surface area contributed by atoms with Gasteiger partial charge in [-0.3, -0.25) is 4.79 Å². The zero-order valence-electron chi connectivity index (χ0n) is 11.5. The topological polar surface area (TPSA) is 84.1 Å². The van der Waals surface area contributed by atoms with Crippen molar-refractivity contribution in [3.63, 3.8) is 0 Å². The molecule has 1 unspecified atom stereocenters. The lowest BCUT2D eigenvalue weighted by Crippen LogP contribution is -2.42. The molecule has 1 saturated heterocycles. The van der Waals surface area contributed by atoms with Gasteiger partial charge in [0, 0.05) is 31.0 Å². The fourth-order valence-electron chi connectivity index (χ4n) is 2.41. The van der Waals surface area contributed by atoms with Gasteiger partial charge in [0.05, 0.1) is 0 Å². The lowest BCUT2D eigenvalue weighted by molar-refractivity contribution is 0.0995. The van der Waals surface area contributed by atoms with Crippen molar-refractivity contribution in [2.45, 2.75) is 38.8 Å². The van der Waals surface area contributed by atoms with E-state index in [0.717, 1.165) is 19.5 Å². The van der Waals surface area contributed by atoms with Crippen LogP contribution in [-0.2, 0) is 0 Å². The van der Waals surface area contributed by atoms with Crippen molar-refractivity contribution >= 4 is 11.7 Å². The first-order valence-corrected chi connectivity index (χ1v) is 6.70. The van der Waals surface area contributed by atoms with Gasteiger partial charge < -0.3 is 16.0 Å². The van der Waals surface area contributed by atoms with Gasteiger partial charge in [-0.05, 0) is 33.2 Å². The molecule has 104 valence electrons. The third-order valence-electron chi connectivity index (χ3n) is 3.39. The predicted molar refractivity (Wildman–Crippen MR) is 74.1 cm³/mol. The van der Waals surface area contributed by atoms with E-state index in [2.05, 4.69) is 34.0 Å². The van der Waals surface area contributed by atoms with Crippen LogP contribution in [0.5, 0.6) is 0 Å². The Kier molecular flexibility index (Phi) is 4.31. The Bertz CT molecular complexity index is 442. The van der Waals surface area contributed by atoms with Gasteiger partial charge in [-0.2, -0.15) is 0 Å². The first kappa shape index (κ1) is 13.7. The highest BCUT2D eigenvalue weighted by Crippen LogP contribution is 2.19. The van der Waals surface area contributed by atoms with Crippen molar-refractivity contribution < 1.29 is 4.79 Å². The first-order valence-electron chi connectivity index (χ1n) is 6.70. The smallest absolute Gasteiger partial charge is 0.271 e. The van der Waals surface area contributed by atoms with Crippen LogP contribution in [0.25, 0.3) is 0 Å². The predicted octanol–water partition coefficient (Wildman–Crippen LogP) is 0.542. The third-order valence-corrected chi connectivity index (χ3v) is 3.39. The molecule has 6 nitrogen and oxygen atoms in total. The second kappa shape index (κ2) is 5.97. The van der Waals surface area contributed by atoms with Gasteiger partial charge in [0.2, 0.25) is 0 Å². The molecule has 1 amide bonds. The van der Waals surface area contributed by atoms with E-state index in [1.165, 1.54) is 12.6 Å². The number of nitrogens with zero attached hydrogens (tertiary/aromatic N) is 3. The number of carbonyl (C=O) groups is 1. The normalized spacial score (nSPS) is 18.8. The molecule has 1 atom stereocenters. The van der Waals surface area contributed by atoms with Crippen LogP contribution in [0.2, 0.25) is 0 Å². The van der Waals surface area contributed by atoms with Crippen molar-refractivity contribution in [1.29, 1.82) is 0 Å². The molecule has 1 aliphatic heterocycles. The summed E-state index contributed by atoms with van der Waals surface area (Å²) in [7, 11) is 0. The van der Waals surface area contributed by atoms with E-state index in [-0.39, 0.29) is 11.7 Å². The minimum Gasteiger partial charge on any atom is -0.364 e. The molecule has 0 bridgehead atoms. The van der Waals surface area contributed by atoms with Crippen molar-refractivity contribution in [1.82, 2.24) is 15.3 Å². The van der Waals surface area contributed by atoms with Crippen LogP contribution in [0.4, 0.5) is 5.82 Å².